The van der Waals surface area contributed by atoms with Crippen molar-refractivity contribution < 1.29 is 9.84 Å². The van der Waals surface area contributed by atoms with Crippen molar-refractivity contribution in [1.82, 2.24) is 10.3 Å². The predicted molar refractivity (Wildman–Crippen MR) is 77.7 cm³/mol. The summed E-state index contributed by atoms with van der Waals surface area (Å²) in [5.41, 5.74) is 1.22. The molecule has 2 heterocycles. The van der Waals surface area contributed by atoms with Gasteiger partial charge < -0.3 is 20.1 Å². The van der Waals surface area contributed by atoms with E-state index < -0.39 is 0 Å². The van der Waals surface area contributed by atoms with Crippen LogP contribution in [0, 0.1) is 0 Å². The number of aliphatic hydroxyl groups excluding tert-OH is 1. The van der Waals surface area contributed by atoms with Gasteiger partial charge in [-0.05, 0) is 31.4 Å². The molecule has 5 nitrogen and oxygen atoms in total. The van der Waals surface area contributed by atoms with Crippen molar-refractivity contribution in [2.24, 2.45) is 0 Å². The third-order valence-corrected chi connectivity index (χ3v) is 3.84. The number of nitrogens with zero attached hydrogens (tertiary/aromatic N) is 2. The zero-order valence-corrected chi connectivity index (χ0v) is 12.0. The first kappa shape index (κ1) is 13.8. The minimum atomic E-state index is -0.114. The number of rotatable bonds is 5. The number of aromatic nitrogens is 1. The fourth-order valence-electron chi connectivity index (χ4n) is 2.59. The largest absolute Gasteiger partial charge is 0.394 e. The lowest BCUT2D eigenvalue weighted by molar-refractivity contribution is -0.0423. The van der Waals surface area contributed by atoms with E-state index in [1.54, 1.807) is 0 Å². The fraction of sp³-hybridized carbons (Fsp3) is 0.667. The van der Waals surface area contributed by atoms with Gasteiger partial charge in [-0.25, -0.2) is 4.98 Å². The molecule has 0 spiro atoms. The van der Waals surface area contributed by atoms with Crippen LogP contribution in [0.5, 0.6) is 0 Å². The van der Waals surface area contributed by atoms with Crippen LogP contribution in [0.15, 0.2) is 18.3 Å². The van der Waals surface area contributed by atoms with E-state index >= 15 is 0 Å². The summed E-state index contributed by atoms with van der Waals surface area (Å²) < 4.78 is 5.65. The zero-order chi connectivity index (χ0) is 13.9. The summed E-state index contributed by atoms with van der Waals surface area (Å²) in [5.74, 6) is 0.966. The second-order valence-corrected chi connectivity index (χ2v) is 5.84. The molecule has 20 heavy (non-hydrogen) atoms. The minimum Gasteiger partial charge on any atom is -0.394 e. The maximum absolute atomic E-state index is 9.27. The van der Waals surface area contributed by atoms with Crippen LogP contribution in [0.3, 0.4) is 0 Å². The highest BCUT2D eigenvalue weighted by molar-refractivity contribution is 5.40. The fourth-order valence-corrected chi connectivity index (χ4v) is 2.59. The van der Waals surface area contributed by atoms with Gasteiger partial charge in [0, 0.05) is 31.9 Å². The van der Waals surface area contributed by atoms with Crippen molar-refractivity contribution in [3.8, 4) is 0 Å². The van der Waals surface area contributed by atoms with E-state index in [0.29, 0.717) is 6.54 Å². The Hall–Kier alpha value is -1.17. The van der Waals surface area contributed by atoms with Gasteiger partial charge in [-0.2, -0.15) is 0 Å². The quantitative estimate of drug-likeness (QED) is 0.838. The first-order valence-electron chi connectivity index (χ1n) is 7.44. The second kappa shape index (κ2) is 6.08. The van der Waals surface area contributed by atoms with Crippen molar-refractivity contribution in [3.63, 3.8) is 0 Å². The summed E-state index contributed by atoms with van der Waals surface area (Å²) in [7, 11) is 0. The molecular formula is C15H23N3O2. The molecule has 1 aromatic rings. The summed E-state index contributed by atoms with van der Waals surface area (Å²) in [5, 5.41) is 12.8. The van der Waals surface area contributed by atoms with Crippen molar-refractivity contribution in [2.75, 3.05) is 24.6 Å². The molecule has 1 saturated carbocycles. The normalized spacial score (nSPS) is 26.8. The van der Waals surface area contributed by atoms with Gasteiger partial charge in [-0.3, -0.25) is 0 Å². The van der Waals surface area contributed by atoms with E-state index in [-0.39, 0.29) is 18.8 Å². The lowest BCUT2D eigenvalue weighted by atomic mass is 10.2. The van der Waals surface area contributed by atoms with E-state index in [1.165, 1.54) is 18.4 Å². The Bertz CT molecular complexity index is 433. The van der Waals surface area contributed by atoms with Gasteiger partial charge in [0.15, 0.2) is 0 Å². The molecule has 1 saturated heterocycles. The van der Waals surface area contributed by atoms with Crippen LogP contribution in [0.1, 0.15) is 25.3 Å². The summed E-state index contributed by atoms with van der Waals surface area (Å²) >= 11 is 0. The van der Waals surface area contributed by atoms with Gasteiger partial charge >= 0.3 is 0 Å². The number of anilines is 1. The number of aliphatic hydroxyl groups is 1. The zero-order valence-electron chi connectivity index (χ0n) is 12.0. The van der Waals surface area contributed by atoms with Gasteiger partial charge in [0.05, 0.1) is 18.8 Å². The molecule has 2 N–H and O–H groups in total. The Morgan fingerprint density at radius 1 is 1.40 bits per heavy atom. The molecule has 0 amide bonds. The lowest BCUT2D eigenvalue weighted by Gasteiger charge is -2.36. The average Bonchev–Trinajstić information content (AvgIpc) is 3.29. The molecule has 1 aromatic heterocycles. The molecule has 2 atom stereocenters. The first-order valence-corrected chi connectivity index (χ1v) is 7.44. The topological polar surface area (TPSA) is 57.6 Å². The highest BCUT2D eigenvalue weighted by atomic mass is 16.5. The number of hydrogen-bond acceptors (Lipinski definition) is 5. The number of ether oxygens (including phenoxy) is 1. The maximum atomic E-state index is 9.27. The van der Waals surface area contributed by atoms with E-state index in [9.17, 15) is 5.11 Å². The minimum absolute atomic E-state index is 0.0598. The highest BCUT2D eigenvalue weighted by Gasteiger charge is 2.25. The number of morpholine rings is 1. The number of hydrogen-bond donors (Lipinski definition) is 2. The lowest BCUT2D eigenvalue weighted by Crippen LogP contribution is -2.48. The summed E-state index contributed by atoms with van der Waals surface area (Å²) in [4.78, 5) is 6.74. The van der Waals surface area contributed by atoms with Gasteiger partial charge in [0.25, 0.3) is 0 Å². The SMILES string of the molecule is CC1CN(c2ccc(CNC3CC3)cn2)CC(CO)O1. The van der Waals surface area contributed by atoms with Crippen LogP contribution in [0.4, 0.5) is 5.82 Å². The van der Waals surface area contributed by atoms with Crippen molar-refractivity contribution >= 4 is 5.82 Å². The smallest absolute Gasteiger partial charge is 0.128 e. The third-order valence-electron chi connectivity index (χ3n) is 3.84. The molecule has 0 aromatic carbocycles. The standard InChI is InChI=1S/C15H23N3O2/c1-11-8-18(9-14(10-19)20-11)15-5-2-12(7-17-15)6-16-13-3-4-13/h2,5,7,11,13-14,16,19H,3-4,6,8-10H2,1H3. The molecule has 1 aliphatic heterocycles. The molecule has 0 bridgehead atoms. The molecule has 0 radical (unpaired) electrons. The molecule has 2 aliphatic rings. The van der Waals surface area contributed by atoms with E-state index in [2.05, 4.69) is 27.3 Å². The van der Waals surface area contributed by atoms with Gasteiger partial charge in [-0.1, -0.05) is 6.07 Å². The second-order valence-electron chi connectivity index (χ2n) is 5.84. The third kappa shape index (κ3) is 3.48. The Morgan fingerprint density at radius 2 is 2.25 bits per heavy atom. The van der Waals surface area contributed by atoms with Gasteiger partial charge in [0.1, 0.15) is 5.82 Å². The van der Waals surface area contributed by atoms with Crippen LogP contribution in [-0.4, -0.2) is 48.0 Å². The molecule has 110 valence electrons. The van der Waals surface area contributed by atoms with Crippen molar-refractivity contribution in [3.05, 3.63) is 23.9 Å². The molecule has 1 aliphatic carbocycles. The molecule has 2 unspecified atom stereocenters. The maximum Gasteiger partial charge on any atom is 0.128 e. The first-order chi connectivity index (χ1) is 9.74. The Labute approximate surface area is 120 Å². The molecule has 3 rings (SSSR count). The summed E-state index contributed by atoms with van der Waals surface area (Å²) in [6.07, 6.45) is 4.56. The number of nitrogens with one attached hydrogen (secondary N) is 1. The van der Waals surface area contributed by atoms with E-state index in [4.69, 9.17) is 4.74 Å². The van der Waals surface area contributed by atoms with Gasteiger partial charge in [-0.15, -0.1) is 0 Å². The van der Waals surface area contributed by atoms with Crippen LogP contribution >= 0.6 is 0 Å². The Balaban J connectivity index is 1.60. The Morgan fingerprint density at radius 3 is 2.90 bits per heavy atom. The summed E-state index contributed by atoms with van der Waals surface area (Å²) in [6.45, 7) is 4.51. The number of pyridine rings is 1. The highest BCUT2D eigenvalue weighted by Crippen LogP contribution is 2.20. The predicted octanol–water partition coefficient (Wildman–Crippen LogP) is 0.920. The van der Waals surface area contributed by atoms with E-state index in [1.807, 2.05) is 13.1 Å². The molecule has 2 fully saturated rings. The van der Waals surface area contributed by atoms with Gasteiger partial charge in [0.2, 0.25) is 0 Å². The van der Waals surface area contributed by atoms with Crippen LogP contribution in [0.2, 0.25) is 0 Å². The van der Waals surface area contributed by atoms with Crippen LogP contribution < -0.4 is 10.2 Å². The van der Waals surface area contributed by atoms with E-state index in [0.717, 1.165) is 24.9 Å². The summed E-state index contributed by atoms with van der Waals surface area (Å²) in [6, 6.07) is 4.92. The van der Waals surface area contributed by atoms with Crippen LogP contribution in [-0.2, 0) is 11.3 Å². The molecular weight excluding hydrogens is 254 g/mol. The van der Waals surface area contributed by atoms with Crippen LogP contribution in [0.25, 0.3) is 0 Å². The average molecular weight is 277 g/mol. The Kier molecular flexibility index (Phi) is 4.19. The molecule has 5 heteroatoms. The van der Waals surface area contributed by atoms with Crippen molar-refractivity contribution in [1.29, 1.82) is 0 Å². The monoisotopic (exact) mass is 277 g/mol. The van der Waals surface area contributed by atoms with Crippen molar-refractivity contribution in [2.45, 2.75) is 44.6 Å².